The molecule has 33 heavy (non-hydrogen) atoms. The van der Waals surface area contributed by atoms with Gasteiger partial charge in [0.15, 0.2) is 0 Å². The minimum Gasteiger partial charge on any atom is -0.489 e. The van der Waals surface area contributed by atoms with Crippen LogP contribution in [0.3, 0.4) is 0 Å². The molecule has 1 heterocycles. The maximum Gasteiger partial charge on any atom is 0.289 e. The van der Waals surface area contributed by atoms with E-state index in [1.165, 1.54) is 17.0 Å². The summed E-state index contributed by atoms with van der Waals surface area (Å²) in [4.78, 5) is 26.7. The monoisotopic (exact) mass is 567 g/mol. The molecule has 1 atom stereocenters. The van der Waals surface area contributed by atoms with Crippen LogP contribution in [-0.4, -0.2) is 21.3 Å². The molecule has 3 aromatic rings. The van der Waals surface area contributed by atoms with Crippen molar-refractivity contribution in [2.45, 2.75) is 24.8 Å². The Labute approximate surface area is 213 Å². The largest absolute Gasteiger partial charge is 0.489 e. The third-order valence-corrected chi connectivity index (χ3v) is 7.24. The molecule has 0 unspecified atom stereocenters. The van der Waals surface area contributed by atoms with Crippen LogP contribution in [0.15, 0.2) is 65.1 Å². The molecule has 0 aliphatic carbocycles. The van der Waals surface area contributed by atoms with Crippen LogP contribution in [-0.2, 0) is 24.4 Å². The molecule has 0 N–H and O–H groups in total. The SMILES string of the molecule is O=C1S[C@@H](Cc2cc(Br)ccc2OCc2ccc(Cl)cc2Cl)C(=O)N1Cc1ccc(F)cc1. The van der Waals surface area contributed by atoms with Crippen molar-refractivity contribution in [3.05, 3.63) is 97.7 Å². The summed E-state index contributed by atoms with van der Waals surface area (Å²) in [6.07, 6.45) is 0.318. The molecule has 0 radical (unpaired) electrons. The summed E-state index contributed by atoms with van der Waals surface area (Å²) in [5, 5.41) is 0.151. The van der Waals surface area contributed by atoms with Crippen LogP contribution in [0.4, 0.5) is 9.18 Å². The fourth-order valence-corrected chi connectivity index (χ4v) is 5.27. The average Bonchev–Trinajstić information content (AvgIpc) is 3.03. The summed E-state index contributed by atoms with van der Waals surface area (Å²) >= 11 is 16.6. The molecule has 2 amide bonds. The predicted molar refractivity (Wildman–Crippen MR) is 132 cm³/mol. The van der Waals surface area contributed by atoms with Gasteiger partial charge in [0, 0.05) is 20.1 Å². The summed E-state index contributed by atoms with van der Waals surface area (Å²) in [7, 11) is 0. The predicted octanol–water partition coefficient (Wildman–Crippen LogP) is 7.28. The molecule has 1 saturated heterocycles. The van der Waals surface area contributed by atoms with E-state index in [1.807, 2.05) is 18.2 Å². The lowest BCUT2D eigenvalue weighted by atomic mass is 10.1. The number of imide groups is 1. The zero-order valence-electron chi connectivity index (χ0n) is 17.1. The van der Waals surface area contributed by atoms with Crippen molar-refractivity contribution in [1.82, 2.24) is 4.90 Å². The summed E-state index contributed by atoms with van der Waals surface area (Å²) in [5.74, 6) is -0.0461. The third kappa shape index (κ3) is 5.90. The second kappa shape index (κ2) is 10.5. The molecular formula is C24H17BrCl2FNO3S. The zero-order valence-corrected chi connectivity index (χ0v) is 21.0. The smallest absolute Gasteiger partial charge is 0.289 e. The van der Waals surface area contributed by atoms with Gasteiger partial charge in [0.2, 0.25) is 5.91 Å². The van der Waals surface area contributed by atoms with E-state index in [0.29, 0.717) is 27.8 Å². The second-order valence-electron chi connectivity index (χ2n) is 7.40. The first-order chi connectivity index (χ1) is 15.8. The highest BCUT2D eigenvalue weighted by Gasteiger charge is 2.39. The summed E-state index contributed by atoms with van der Waals surface area (Å²) < 4.78 is 20.0. The molecule has 0 aromatic heterocycles. The minimum atomic E-state index is -0.575. The molecule has 0 bridgehead atoms. The lowest BCUT2D eigenvalue weighted by Gasteiger charge is -2.16. The third-order valence-electron chi connectivity index (χ3n) is 5.09. The van der Waals surface area contributed by atoms with Crippen molar-refractivity contribution in [3.8, 4) is 5.75 Å². The number of rotatable bonds is 7. The molecule has 3 aromatic carbocycles. The maximum atomic E-state index is 13.2. The van der Waals surface area contributed by atoms with Gasteiger partial charge in [-0.15, -0.1) is 0 Å². The van der Waals surface area contributed by atoms with E-state index >= 15 is 0 Å². The molecule has 1 aliphatic rings. The van der Waals surface area contributed by atoms with E-state index in [9.17, 15) is 14.0 Å². The number of carbonyl (C=O) groups excluding carboxylic acids is 2. The topological polar surface area (TPSA) is 46.6 Å². The number of carbonyl (C=O) groups is 2. The molecule has 1 fully saturated rings. The van der Waals surface area contributed by atoms with Gasteiger partial charge in [-0.3, -0.25) is 14.5 Å². The Balaban J connectivity index is 1.48. The first kappa shape index (κ1) is 24.1. The van der Waals surface area contributed by atoms with Gasteiger partial charge in [0.1, 0.15) is 18.2 Å². The number of benzene rings is 3. The number of thioether (sulfide) groups is 1. The summed E-state index contributed by atoms with van der Waals surface area (Å²) in [6.45, 7) is 0.338. The normalized spacial score (nSPS) is 15.9. The number of nitrogens with zero attached hydrogens (tertiary/aromatic N) is 1. The van der Waals surface area contributed by atoms with E-state index in [-0.39, 0.29) is 30.1 Å². The number of hydrogen-bond acceptors (Lipinski definition) is 4. The van der Waals surface area contributed by atoms with Crippen LogP contribution in [0.2, 0.25) is 10.0 Å². The van der Waals surface area contributed by atoms with Crippen LogP contribution in [0.1, 0.15) is 16.7 Å². The summed E-state index contributed by atoms with van der Waals surface area (Å²) in [6, 6.07) is 16.5. The molecule has 9 heteroatoms. The highest BCUT2D eigenvalue weighted by molar-refractivity contribution is 9.10. The second-order valence-corrected chi connectivity index (χ2v) is 10.3. The highest BCUT2D eigenvalue weighted by Crippen LogP contribution is 2.34. The van der Waals surface area contributed by atoms with Gasteiger partial charge in [-0.05, 0) is 60.0 Å². The Kier molecular flexibility index (Phi) is 7.64. The standard InChI is InChI=1S/C24H17BrCl2FNO3S/c25-17-4-8-21(32-13-15-3-5-18(26)11-20(15)27)16(9-17)10-22-23(30)29(24(31)33-22)12-14-1-6-19(28)7-2-14/h1-9,11,22H,10,12-13H2/t22-/m0/s1. The van der Waals surface area contributed by atoms with Gasteiger partial charge in [-0.1, -0.05) is 69.1 Å². The van der Waals surface area contributed by atoms with Gasteiger partial charge in [0.05, 0.1) is 11.8 Å². The lowest BCUT2D eigenvalue weighted by molar-refractivity contribution is -0.127. The van der Waals surface area contributed by atoms with Crippen LogP contribution in [0.5, 0.6) is 5.75 Å². The number of amides is 2. The fraction of sp³-hybridized carbons (Fsp3) is 0.167. The number of hydrogen-bond donors (Lipinski definition) is 0. The summed E-state index contributed by atoms with van der Waals surface area (Å²) in [5.41, 5.74) is 2.25. The van der Waals surface area contributed by atoms with Crippen LogP contribution in [0.25, 0.3) is 0 Å². The fourth-order valence-electron chi connectivity index (χ4n) is 3.39. The molecule has 4 rings (SSSR count). The molecule has 170 valence electrons. The van der Waals surface area contributed by atoms with Crippen molar-refractivity contribution in [2.24, 2.45) is 0 Å². The lowest BCUT2D eigenvalue weighted by Crippen LogP contribution is -2.31. The molecule has 0 spiro atoms. The quantitative estimate of drug-likeness (QED) is 0.300. The van der Waals surface area contributed by atoms with Crippen molar-refractivity contribution >= 4 is 62.0 Å². The van der Waals surface area contributed by atoms with E-state index in [2.05, 4.69) is 15.9 Å². The van der Waals surface area contributed by atoms with Gasteiger partial charge >= 0.3 is 0 Å². The van der Waals surface area contributed by atoms with Crippen molar-refractivity contribution in [1.29, 1.82) is 0 Å². The molecule has 4 nitrogen and oxygen atoms in total. The first-order valence-corrected chi connectivity index (χ1v) is 12.3. The Bertz CT molecular complexity index is 1210. The van der Waals surface area contributed by atoms with E-state index in [1.54, 1.807) is 30.3 Å². The van der Waals surface area contributed by atoms with Gasteiger partial charge < -0.3 is 4.74 Å². The number of halogens is 4. The Morgan fingerprint density at radius 1 is 1.00 bits per heavy atom. The maximum absolute atomic E-state index is 13.2. The molecule has 0 saturated carbocycles. The Hall–Kier alpha value is -2.06. The average molecular weight is 569 g/mol. The first-order valence-electron chi connectivity index (χ1n) is 9.92. The molecule has 1 aliphatic heterocycles. The minimum absolute atomic E-state index is 0.109. The number of ether oxygens (including phenoxy) is 1. The Morgan fingerprint density at radius 3 is 2.48 bits per heavy atom. The van der Waals surface area contributed by atoms with Crippen LogP contribution in [0, 0.1) is 5.82 Å². The van der Waals surface area contributed by atoms with Crippen molar-refractivity contribution in [3.63, 3.8) is 0 Å². The highest BCUT2D eigenvalue weighted by atomic mass is 79.9. The zero-order chi connectivity index (χ0) is 23.5. The van der Waals surface area contributed by atoms with Gasteiger partial charge in [-0.2, -0.15) is 0 Å². The van der Waals surface area contributed by atoms with Gasteiger partial charge in [-0.25, -0.2) is 4.39 Å². The van der Waals surface area contributed by atoms with Crippen molar-refractivity contribution < 1.29 is 18.7 Å². The van der Waals surface area contributed by atoms with Gasteiger partial charge in [0.25, 0.3) is 5.24 Å². The van der Waals surface area contributed by atoms with E-state index in [4.69, 9.17) is 27.9 Å². The van der Waals surface area contributed by atoms with Crippen LogP contribution < -0.4 is 4.74 Å². The van der Waals surface area contributed by atoms with E-state index in [0.717, 1.165) is 27.4 Å². The van der Waals surface area contributed by atoms with E-state index < -0.39 is 5.25 Å². The Morgan fingerprint density at radius 2 is 1.76 bits per heavy atom. The van der Waals surface area contributed by atoms with Crippen LogP contribution >= 0.6 is 50.9 Å². The van der Waals surface area contributed by atoms with Crippen molar-refractivity contribution in [2.75, 3.05) is 0 Å². The molecular weight excluding hydrogens is 552 g/mol.